The van der Waals surface area contributed by atoms with Crippen LogP contribution in [0.1, 0.15) is 36.2 Å². The molecule has 0 heterocycles. The summed E-state index contributed by atoms with van der Waals surface area (Å²) in [6.07, 6.45) is 1.11. The Balaban J connectivity index is 2.06. The largest absolute Gasteiger partial charge is 0.490 e. The zero-order valence-corrected chi connectivity index (χ0v) is 17.7. The molecule has 2 rings (SSSR count). The number of hydrogen-bond acceptors (Lipinski definition) is 3. The maximum Gasteiger partial charge on any atom is 0.259 e. The maximum absolute atomic E-state index is 12.7. The van der Waals surface area contributed by atoms with Crippen molar-refractivity contribution < 1.29 is 14.3 Å². The van der Waals surface area contributed by atoms with Crippen LogP contribution in [0, 0.1) is 0 Å². The highest BCUT2D eigenvalue weighted by atomic mass is 79.9. The summed E-state index contributed by atoms with van der Waals surface area (Å²) in [4.78, 5) is 25.9. The van der Waals surface area contributed by atoms with Crippen LogP contribution in [0.5, 0.6) is 5.75 Å². The smallest absolute Gasteiger partial charge is 0.259 e. The van der Waals surface area contributed by atoms with E-state index in [1.165, 1.54) is 0 Å². The molecular formula is C21H25BrN2O3. The van der Waals surface area contributed by atoms with Gasteiger partial charge < -0.3 is 15.0 Å². The van der Waals surface area contributed by atoms with Gasteiger partial charge in [-0.25, -0.2) is 0 Å². The van der Waals surface area contributed by atoms with Gasteiger partial charge in [-0.1, -0.05) is 28.1 Å². The van der Waals surface area contributed by atoms with Crippen molar-refractivity contribution in [3.63, 3.8) is 0 Å². The number of benzene rings is 2. The van der Waals surface area contributed by atoms with Crippen molar-refractivity contribution in [2.75, 3.05) is 19.4 Å². The second kappa shape index (κ2) is 9.55. The predicted molar refractivity (Wildman–Crippen MR) is 111 cm³/mol. The number of ether oxygens (including phenoxy) is 1. The first kappa shape index (κ1) is 21.0. The van der Waals surface area contributed by atoms with Gasteiger partial charge in [-0.15, -0.1) is 0 Å². The molecule has 0 aliphatic heterocycles. The van der Waals surface area contributed by atoms with E-state index >= 15 is 0 Å². The average Bonchev–Trinajstić information content (AvgIpc) is 2.61. The first-order valence-corrected chi connectivity index (χ1v) is 9.62. The molecule has 0 atom stereocenters. The second-order valence-electron chi connectivity index (χ2n) is 6.75. The van der Waals surface area contributed by atoms with Crippen LogP contribution in [-0.2, 0) is 11.2 Å². The summed E-state index contributed by atoms with van der Waals surface area (Å²) in [5.41, 5.74) is 2.21. The van der Waals surface area contributed by atoms with Crippen molar-refractivity contribution >= 4 is 33.4 Å². The Hall–Kier alpha value is -2.34. The molecule has 27 heavy (non-hydrogen) atoms. The highest BCUT2D eigenvalue weighted by molar-refractivity contribution is 9.10. The molecule has 0 unspecified atom stereocenters. The third kappa shape index (κ3) is 6.40. The van der Waals surface area contributed by atoms with E-state index in [1.54, 1.807) is 31.1 Å². The molecule has 0 saturated heterocycles. The number of hydrogen-bond donors (Lipinski definition) is 1. The summed E-state index contributed by atoms with van der Waals surface area (Å²) in [5, 5.41) is 2.89. The first-order valence-electron chi connectivity index (χ1n) is 8.83. The number of anilines is 1. The summed E-state index contributed by atoms with van der Waals surface area (Å²) >= 11 is 3.40. The molecule has 0 aliphatic carbocycles. The van der Waals surface area contributed by atoms with Crippen molar-refractivity contribution in [3.05, 3.63) is 58.1 Å². The number of carbonyl (C=O) groups excluding carboxylic acids is 2. The molecule has 5 nitrogen and oxygen atoms in total. The molecule has 1 N–H and O–H groups in total. The molecule has 0 fully saturated rings. The number of carbonyl (C=O) groups is 2. The van der Waals surface area contributed by atoms with Gasteiger partial charge in [0.2, 0.25) is 5.91 Å². The molecule has 6 heteroatoms. The SMILES string of the molecule is CC(C)Oc1ccc(Br)cc1C(=O)Nc1ccc(CCC(=O)N(C)C)cc1. The molecule has 2 aromatic rings. The first-order chi connectivity index (χ1) is 12.8. The van der Waals surface area contributed by atoms with Crippen LogP contribution in [0.4, 0.5) is 5.69 Å². The molecule has 0 aliphatic rings. The molecule has 2 aromatic carbocycles. The molecule has 0 spiro atoms. The Bertz CT molecular complexity index is 802. The van der Waals surface area contributed by atoms with Crippen molar-refractivity contribution in [1.82, 2.24) is 4.90 Å². The number of aryl methyl sites for hydroxylation is 1. The van der Waals surface area contributed by atoms with Crippen LogP contribution in [0.15, 0.2) is 46.9 Å². The summed E-state index contributed by atoms with van der Waals surface area (Å²) in [7, 11) is 3.50. The van der Waals surface area contributed by atoms with Gasteiger partial charge in [0.25, 0.3) is 5.91 Å². The summed E-state index contributed by atoms with van der Waals surface area (Å²) < 4.78 is 6.54. The van der Waals surface area contributed by atoms with Gasteiger partial charge in [0.05, 0.1) is 11.7 Å². The molecule has 144 valence electrons. The summed E-state index contributed by atoms with van der Waals surface area (Å²) in [5.74, 6) is 0.409. The highest BCUT2D eigenvalue weighted by Gasteiger charge is 2.15. The normalized spacial score (nSPS) is 10.6. The molecule has 2 amide bonds. The van der Waals surface area contributed by atoms with E-state index in [0.717, 1.165) is 10.0 Å². The lowest BCUT2D eigenvalue weighted by Crippen LogP contribution is -2.21. The highest BCUT2D eigenvalue weighted by Crippen LogP contribution is 2.25. The van der Waals surface area contributed by atoms with Gasteiger partial charge in [-0.05, 0) is 56.2 Å². The Morgan fingerprint density at radius 3 is 2.37 bits per heavy atom. The quantitative estimate of drug-likeness (QED) is 0.699. The Kier molecular flexibility index (Phi) is 7.42. The van der Waals surface area contributed by atoms with Crippen LogP contribution >= 0.6 is 15.9 Å². The zero-order valence-electron chi connectivity index (χ0n) is 16.1. The maximum atomic E-state index is 12.7. The molecule has 0 bridgehead atoms. The fourth-order valence-corrected chi connectivity index (χ4v) is 2.83. The van der Waals surface area contributed by atoms with Crippen LogP contribution in [-0.4, -0.2) is 36.9 Å². The van der Waals surface area contributed by atoms with E-state index in [1.807, 2.05) is 44.2 Å². The van der Waals surface area contributed by atoms with Gasteiger partial charge in [-0.3, -0.25) is 9.59 Å². The fraction of sp³-hybridized carbons (Fsp3) is 0.333. The van der Waals surface area contributed by atoms with E-state index < -0.39 is 0 Å². The predicted octanol–water partition coefficient (Wildman–Crippen LogP) is 4.51. The van der Waals surface area contributed by atoms with E-state index in [0.29, 0.717) is 29.8 Å². The van der Waals surface area contributed by atoms with Crippen molar-refractivity contribution in [3.8, 4) is 5.75 Å². The van der Waals surface area contributed by atoms with Crippen molar-refractivity contribution in [1.29, 1.82) is 0 Å². The van der Waals surface area contributed by atoms with E-state index in [9.17, 15) is 9.59 Å². The summed E-state index contributed by atoms with van der Waals surface area (Å²) in [6.45, 7) is 3.84. The van der Waals surface area contributed by atoms with E-state index in [4.69, 9.17) is 4.74 Å². The zero-order chi connectivity index (χ0) is 20.0. The fourth-order valence-electron chi connectivity index (χ4n) is 2.46. The Labute approximate surface area is 168 Å². The van der Waals surface area contributed by atoms with Crippen LogP contribution < -0.4 is 10.1 Å². The minimum atomic E-state index is -0.234. The Morgan fingerprint density at radius 2 is 1.78 bits per heavy atom. The molecule has 0 aromatic heterocycles. The third-order valence-corrected chi connectivity index (χ3v) is 4.38. The Morgan fingerprint density at radius 1 is 1.11 bits per heavy atom. The van der Waals surface area contributed by atoms with Gasteiger partial charge in [0.15, 0.2) is 0 Å². The van der Waals surface area contributed by atoms with E-state index in [-0.39, 0.29) is 17.9 Å². The van der Waals surface area contributed by atoms with E-state index in [2.05, 4.69) is 21.2 Å². The molecule has 0 saturated carbocycles. The number of halogens is 1. The van der Waals surface area contributed by atoms with Crippen molar-refractivity contribution in [2.45, 2.75) is 32.8 Å². The van der Waals surface area contributed by atoms with Gasteiger partial charge in [-0.2, -0.15) is 0 Å². The second-order valence-corrected chi connectivity index (χ2v) is 7.66. The topological polar surface area (TPSA) is 58.6 Å². The van der Waals surface area contributed by atoms with Gasteiger partial charge in [0.1, 0.15) is 5.75 Å². The van der Waals surface area contributed by atoms with Crippen LogP contribution in [0.2, 0.25) is 0 Å². The number of rotatable bonds is 7. The lowest BCUT2D eigenvalue weighted by molar-refractivity contribution is -0.128. The minimum absolute atomic E-state index is 0.0260. The molecule has 0 radical (unpaired) electrons. The minimum Gasteiger partial charge on any atom is -0.490 e. The lowest BCUT2D eigenvalue weighted by atomic mass is 10.1. The number of amides is 2. The third-order valence-electron chi connectivity index (χ3n) is 3.89. The van der Waals surface area contributed by atoms with Crippen LogP contribution in [0.25, 0.3) is 0 Å². The standard InChI is InChI=1S/C21H25BrN2O3/c1-14(2)27-19-11-8-16(22)13-18(19)21(26)23-17-9-5-15(6-10-17)7-12-20(25)24(3)4/h5-6,8-11,13-14H,7,12H2,1-4H3,(H,23,26). The van der Waals surface area contributed by atoms with Gasteiger partial charge in [0, 0.05) is 30.7 Å². The van der Waals surface area contributed by atoms with Gasteiger partial charge >= 0.3 is 0 Å². The lowest BCUT2D eigenvalue weighted by Gasteiger charge is -2.15. The average molecular weight is 433 g/mol. The monoisotopic (exact) mass is 432 g/mol. The number of nitrogens with zero attached hydrogens (tertiary/aromatic N) is 1. The number of nitrogens with one attached hydrogen (secondary N) is 1. The summed E-state index contributed by atoms with van der Waals surface area (Å²) in [6, 6.07) is 12.9. The molecular weight excluding hydrogens is 408 g/mol. The van der Waals surface area contributed by atoms with Crippen LogP contribution in [0.3, 0.4) is 0 Å². The van der Waals surface area contributed by atoms with Crippen molar-refractivity contribution in [2.24, 2.45) is 0 Å².